The van der Waals surface area contributed by atoms with Gasteiger partial charge in [-0.15, -0.1) is 0 Å². The van der Waals surface area contributed by atoms with Gasteiger partial charge in [0.15, 0.2) is 0 Å². The summed E-state index contributed by atoms with van der Waals surface area (Å²) in [6, 6.07) is 2.41. The number of likely N-dealkylation sites (tertiary alicyclic amines) is 1. The maximum atomic E-state index is 12.9. The molecule has 1 heterocycles. The first kappa shape index (κ1) is 15.4. The van der Waals surface area contributed by atoms with Gasteiger partial charge in [-0.1, -0.05) is 39.5 Å². The minimum absolute atomic E-state index is 0.130. The Morgan fingerprint density at radius 3 is 2.15 bits per heavy atom. The average Bonchev–Trinajstić information content (AvgIpc) is 2.78. The zero-order chi connectivity index (χ0) is 14.6. The molecule has 1 aliphatic heterocycles. The molecule has 1 saturated heterocycles. The van der Waals surface area contributed by atoms with Gasteiger partial charge in [0.05, 0.1) is 6.07 Å². The molecule has 0 radical (unpaired) electrons. The van der Waals surface area contributed by atoms with E-state index in [-0.39, 0.29) is 5.91 Å². The number of hydrogen-bond donors (Lipinski definition) is 0. The molecule has 112 valence electrons. The summed E-state index contributed by atoms with van der Waals surface area (Å²) in [6.07, 6.45) is 9.30. The summed E-state index contributed by atoms with van der Waals surface area (Å²) < 4.78 is 0. The van der Waals surface area contributed by atoms with Gasteiger partial charge in [0.1, 0.15) is 5.41 Å². The van der Waals surface area contributed by atoms with Gasteiger partial charge in [-0.2, -0.15) is 5.26 Å². The Morgan fingerprint density at radius 2 is 1.70 bits per heavy atom. The van der Waals surface area contributed by atoms with E-state index in [2.05, 4.69) is 19.9 Å². The lowest BCUT2D eigenvalue weighted by atomic mass is 9.79. The average molecular weight is 276 g/mol. The van der Waals surface area contributed by atoms with Crippen LogP contribution in [-0.2, 0) is 4.79 Å². The van der Waals surface area contributed by atoms with E-state index in [0.29, 0.717) is 5.41 Å². The second kappa shape index (κ2) is 6.16. The Hall–Kier alpha value is -1.04. The second-order valence-electron chi connectivity index (χ2n) is 6.79. The number of nitriles is 1. The molecule has 0 bridgehead atoms. The van der Waals surface area contributed by atoms with Crippen LogP contribution in [0.25, 0.3) is 0 Å². The Kier molecular flexibility index (Phi) is 4.73. The number of rotatable bonds is 3. The van der Waals surface area contributed by atoms with Gasteiger partial charge in [-0.25, -0.2) is 0 Å². The fraction of sp³-hybridized carbons (Fsp3) is 0.882. The molecule has 1 saturated carbocycles. The number of amides is 1. The van der Waals surface area contributed by atoms with Crippen LogP contribution in [-0.4, -0.2) is 23.9 Å². The van der Waals surface area contributed by atoms with Crippen LogP contribution < -0.4 is 0 Å². The van der Waals surface area contributed by atoms with Crippen molar-refractivity contribution in [2.75, 3.05) is 13.1 Å². The zero-order valence-corrected chi connectivity index (χ0v) is 13.1. The molecule has 0 aromatic heterocycles. The van der Waals surface area contributed by atoms with Gasteiger partial charge >= 0.3 is 0 Å². The molecule has 0 N–H and O–H groups in total. The smallest absolute Gasteiger partial charge is 0.243 e. The fourth-order valence-electron chi connectivity index (χ4n) is 3.94. The van der Waals surface area contributed by atoms with Gasteiger partial charge in [0.25, 0.3) is 0 Å². The molecule has 0 spiro atoms. The maximum absolute atomic E-state index is 12.9. The van der Waals surface area contributed by atoms with Crippen molar-refractivity contribution in [3.63, 3.8) is 0 Å². The summed E-state index contributed by atoms with van der Waals surface area (Å²) >= 11 is 0. The third-order valence-electron chi connectivity index (χ3n) is 5.81. The lowest BCUT2D eigenvalue weighted by Gasteiger charge is -2.31. The van der Waals surface area contributed by atoms with Gasteiger partial charge in [-0.3, -0.25) is 4.79 Å². The Balaban J connectivity index is 2.12. The van der Waals surface area contributed by atoms with Crippen LogP contribution in [0.2, 0.25) is 0 Å². The number of carbonyl (C=O) groups excluding carboxylic acids is 1. The van der Waals surface area contributed by atoms with Crippen molar-refractivity contribution < 1.29 is 4.79 Å². The first-order chi connectivity index (χ1) is 9.61. The van der Waals surface area contributed by atoms with Crippen molar-refractivity contribution in [1.29, 1.82) is 5.26 Å². The van der Waals surface area contributed by atoms with E-state index in [9.17, 15) is 10.1 Å². The Bertz CT molecular complexity index is 384. The lowest BCUT2D eigenvalue weighted by molar-refractivity contribution is -0.139. The van der Waals surface area contributed by atoms with Crippen molar-refractivity contribution >= 4 is 5.91 Å². The van der Waals surface area contributed by atoms with E-state index in [1.165, 1.54) is 12.8 Å². The molecule has 2 rings (SSSR count). The predicted octanol–water partition coefficient (Wildman–Crippen LogP) is 3.89. The highest BCUT2D eigenvalue weighted by molar-refractivity contribution is 5.85. The van der Waals surface area contributed by atoms with Crippen LogP contribution in [0.4, 0.5) is 0 Å². The third-order valence-corrected chi connectivity index (χ3v) is 5.81. The predicted molar refractivity (Wildman–Crippen MR) is 80.0 cm³/mol. The summed E-state index contributed by atoms with van der Waals surface area (Å²) in [4.78, 5) is 14.9. The van der Waals surface area contributed by atoms with E-state index in [1.54, 1.807) is 0 Å². The van der Waals surface area contributed by atoms with Gasteiger partial charge in [0.2, 0.25) is 5.91 Å². The fourth-order valence-corrected chi connectivity index (χ4v) is 3.94. The van der Waals surface area contributed by atoms with E-state index < -0.39 is 5.41 Å². The first-order valence-electron chi connectivity index (χ1n) is 8.32. The van der Waals surface area contributed by atoms with Crippen molar-refractivity contribution in [2.45, 2.75) is 71.6 Å². The van der Waals surface area contributed by atoms with Crippen molar-refractivity contribution in [1.82, 2.24) is 4.90 Å². The first-order valence-corrected chi connectivity index (χ1v) is 8.32. The second-order valence-corrected chi connectivity index (χ2v) is 6.79. The van der Waals surface area contributed by atoms with Gasteiger partial charge in [0, 0.05) is 13.1 Å². The minimum Gasteiger partial charge on any atom is -0.341 e. The topological polar surface area (TPSA) is 44.1 Å². The molecule has 2 fully saturated rings. The van der Waals surface area contributed by atoms with Crippen LogP contribution >= 0.6 is 0 Å². The molecule has 0 aromatic rings. The highest BCUT2D eigenvalue weighted by Crippen LogP contribution is 2.42. The molecule has 2 aliphatic rings. The monoisotopic (exact) mass is 276 g/mol. The number of carbonyl (C=O) groups is 1. The summed E-state index contributed by atoms with van der Waals surface area (Å²) in [5.41, 5.74) is -0.412. The summed E-state index contributed by atoms with van der Waals surface area (Å²) in [5.74, 6) is 0.130. The van der Waals surface area contributed by atoms with Crippen LogP contribution in [0.15, 0.2) is 0 Å². The molecule has 0 unspecified atom stereocenters. The van der Waals surface area contributed by atoms with E-state index in [1.807, 2.05) is 4.90 Å². The third kappa shape index (κ3) is 2.71. The quantitative estimate of drug-likeness (QED) is 0.734. The molecule has 20 heavy (non-hydrogen) atoms. The molecular weight excluding hydrogens is 248 g/mol. The molecule has 1 aliphatic carbocycles. The number of hydrogen-bond acceptors (Lipinski definition) is 2. The van der Waals surface area contributed by atoms with Crippen LogP contribution in [0, 0.1) is 22.2 Å². The molecule has 0 aromatic carbocycles. The maximum Gasteiger partial charge on any atom is 0.243 e. The molecule has 3 heteroatoms. The summed E-state index contributed by atoms with van der Waals surface area (Å²) in [5, 5.41) is 9.64. The van der Waals surface area contributed by atoms with E-state index in [4.69, 9.17) is 0 Å². The van der Waals surface area contributed by atoms with E-state index in [0.717, 1.165) is 58.0 Å². The zero-order valence-electron chi connectivity index (χ0n) is 13.1. The Labute approximate surface area is 123 Å². The van der Waals surface area contributed by atoms with E-state index >= 15 is 0 Å². The minimum atomic E-state index is -0.714. The van der Waals surface area contributed by atoms with Crippen molar-refractivity contribution in [2.24, 2.45) is 10.8 Å². The molecule has 3 nitrogen and oxygen atoms in total. The molecule has 1 amide bonds. The molecule has 0 atom stereocenters. The van der Waals surface area contributed by atoms with Gasteiger partial charge < -0.3 is 4.90 Å². The van der Waals surface area contributed by atoms with Crippen molar-refractivity contribution in [3.8, 4) is 6.07 Å². The lowest BCUT2D eigenvalue weighted by Crippen LogP contribution is -2.43. The highest BCUT2D eigenvalue weighted by atomic mass is 16.2. The largest absolute Gasteiger partial charge is 0.341 e. The summed E-state index contributed by atoms with van der Waals surface area (Å²) in [7, 11) is 0. The van der Waals surface area contributed by atoms with Crippen LogP contribution in [0.5, 0.6) is 0 Å². The molecular formula is C17H28N2O. The van der Waals surface area contributed by atoms with Crippen LogP contribution in [0.3, 0.4) is 0 Å². The Morgan fingerprint density at radius 1 is 1.10 bits per heavy atom. The SMILES string of the molecule is CCC1(CC)CCN(C(=O)C2(C#N)CCCCCC2)C1. The highest BCUT2D eigenvalue weighted by Gasteiger charge is 2.46. The van der Waals surface area contributed by atoms with Gasteiger partial charge in [-0.05, 0) is 37.5 Å². The standard InChI is InChI=1S/C17H28N2O/c1-3-16(4-2)11-12-19(14-16)15(20)17(13-18)9-7-5-6-8-10-17/h3-12,14H2,1-2H3. The van der Waals surface area contributed by atoms with Crippen LogP contribution in [0.1, 0.15) is 71.6 Å². The number of nitrogens with zero attached hydrogens (tertiary/aromatic N) is 2. The normalized spacial score (nSPS) is 24.9. The summed E-state index contributed by atoms with van der Waals surface area (Å²) in [6.45, 7) is 6.17. The van der Waals surface area contributed by atoms with Crippen molar-refractivity contribution in [3.05, 3.63) is 0 Å².